The van der Waals surface area contributed by atoms with Crippen LogP contribution in [-0.2, 0) is 19.3 Å². The third-order valence-corrected chi connectivity index (χ3v) is 6.56. The summed E-state index contributed by atoms with van der Waals surface area (Å²) in [7, 11) is 0. The standard InChI is InChI=1S/C27H29F3/c1-2-3-4-5-6-7-18-8-13-22-20(16-18)11-14-23(26(22)29)21-10-9-19-12-15-25(28)27(30)24(19)17-21/h8,11-16,21H,2-7,9-10,17H2,1H3. The van der Waals surface area contributed by atoms with E-state index in [1.807, 2.05) is 24.3 Å². The minimum atomic E-state index is -0.824. The second kappa shape index (κ2) is 9.24. The lowest BCUT2D eigenvalue weighted by Crippen LogP contribution is -2.16. The fraction of sp³-hybridized carbons (Fsp3) is 0.407. The molecule has 0 fully saturated rings. The van der Waals surface area contributed by atoms with Gasteiger partial charge in [-0.05, 0) is 71.7 Å². The van der Waals surface area contributed by atoms with Gasteiger partial charge in [0.1, 0.15) is 5.82 Å². The van der Waals surface area contributed by atoms with E-state index in [1.54, 1.807) is 6.07 Å². The normalized spacial score (nSPS) is 16.1. The summed E-state index contributed by atoms with van der Waals surface area (Å²) in [6.07, 6.45) is 8.96. The highest BCUT2D eigenvalue weighted by atomic mass is 19.2. The third kappa shape index (κ3) is 4.26. The lowest BCUT2D eigenvalue weighted by molar-refractivity contribution is 0.471. The number of hydrogen-bond donors (Lipinski definition) is 0. The average Bonchev–Trinajstić information content (AvgIpc) is 2.76. The van der Waals surface area contributed by atoms with Gasteiger partial charge in [0.15, 0.2) is 11.6 Å². The van der Waals surface area contributed by atoms with Crippen LogP contribution >= 0.6 is 0 Å². The van der Waals surface area contributed by atoms with E-state index in [1.165, 1.54) is 37.3 Å². The summed E-state index contributed by atoms with van der Waals surface area (Å²) in [5.74, 6) is -1.94. The predicted octanol–water partition coefficient (Wildman–Crippen LogP) is 8.04. The Morgan fingerprint density at radius 2 is 1.70 bits per heavy atom. The molecule has 4 rings (SSSR count). The second-order valence-corrected chi connectivity index (χ2v) is 8.63. The van der Waals surface area contributed by atoms with Crippen LogP contribution in [0, 0.1) is 17.5 Å². The van der Waals surface area contributed by atoms with Gasteiger partial charge in [0, 0.05) is 5.39 Å². The fourth-order valence-corrected chi connectivity index (χ4v) is 4.79. The van der Waals surface area contributed by atoms with Crippen molar-refractivity contribution >= 4 is 10.8 Å². The van der Waals surface area contributed by atoms with Gasteiger partial charge < -0.3 is 0 Å². The van der Waals surface area contributed by atoms with Crippen molar-refractivity contribution in [1.82, 2.24) is 0 Å². The minimum absolute atomic E-state index is 0.128. The molecule has 0 radical (unpaired) electrons. The van der Waals surface area contributed by atoms with Gasteiger partial charge in [-0.3, -0.25) is 0 Å². The predicted molar refractivity (Wildman–Crippen MR) is 117 cm³/mol. The van der Waals surface area contributed by atoms with Crippen LogP contribution in [0.1, 0.15) is 73.6 Å². The molecule has 1 aliphatic carbocycles. The maximum absolute atomic E-state index is 15.4. The van der Waals surface area contributed by atoms with E-state index in [4.69, 9.17) is 0 Å². The van der Waals surface area contributed by atoms with Crippen LogP contribution in [-0.4, -0.2) is 0 Å². The highest BCUT2D eigenvalue weighted by Crippen LogP contribution is 2.37. The van der Waals surface area contributed by atoms with Crippen LogP contribution in [0.15, 0.2) is 42.5 Å². The molecule has 0 saturated carbocycles. The van der Waals surface area contributed by atoms with Crippen molar-refractivity contribution in [1.29, 1.82) is 0 Å². The Morgan fingerprint density at radius 1 is 0.867 bits per heavy atom. The molecule has 0 saturated heterocycles. The van der Waals surface area contributed by atoms with Gasteiger partial charge in [0.05, 0.1) is 0 Å². The summed E-state index contributed by atoms with van der Waals surface area (Å²) >= 11 is 0. The molecule has 0 bridgehead atoms. The first-order valence-electron chi connectivity index (χ1n) is 11.2. The van der Waals surface area contributed by atoms with Crippen LogP contribution in [0.3, 0.4) is 0 Å². The van der Waals surface area contributed by atoms with E-state index in [-0.39, 0.29) is 11.7 Å². The Kier molecular flexibility index (Phi) is 6.46. The molecule has 0 heterocycles. The molecule has 0 N–H and O–H groups in total. The van der Waals surface area contributed by atoms with Crippen LogP contribution in [0.2, 0.25) is 0 Å². The Labute approximate surface area is 177 Å². The number of halogens is 3. The van der Waals surface area contributed by atoms with E-state index in [0.717, 1.165) is 30.2 Å². The zero-order valence-corrected chi connectivity index (χ0v) is 17.6. The molecule has 0 aromatic heterocycles. The van der Waals surface area contributed by atoms with Crippen LogP contribution < -0.4 is 0 Å². The van der Waals surface area contributed by atoms with Crippen LogP contribution in [0.25, 0.3) is 10.8 Å². The fourth-order valence-electron chi connectivity index (χ4n) is 4.79. The highest BCUT2D eigenvalue weighted by molar-refractivity contribution is 5.84. The molecule has 0 spiro atoms. The van der Waals surface area contributed by atoms with Crippen LogP contribution in [0.4, 0.5) is 13.2 Å². The summed E-state index contributed by atoms with van der Waals surface area (Å²) in [4.78, 5) is 0. The zero-order chi connectivity index (χ0) is 21.1. The number of benzene rings is 3. The SMILES string of the molecule is CCCCCCCc1ccc2c(F)c(C3CCc4ccc(F)c(F)c4C3)ccc2c1. The van der Waals surface area contributed by atoms with Crippen molar-refractivity contribution in [2.45, 2.75) is 70.6 Å². The quantitative estimate of drug-likeness (QED) is 0.346. The molecular formula is C27H29F3. The van der Waals surface area contributed by atoms with Gasteiger partial charge in [-0.25, -0.2) is 13.2 Å². The largest absolute Gasteiger partial charge is 0.206 e. The second-order valence-electron chi connectivity index (χ2n) is 8.63. The molecule has 3 aromatic carbocycles. The molecule has 1 aliphatic rings. The number of unbranched alkanes of at least 4 members (excludes halogenated alkanes) is 4. The van der Waals surface area contributed by atoms with Crippen LogP contribution in [0.5, 0.6) is 0 Å². The van der Waals surface area contributed by atoms with Crippen molar-refractivity contribution < 1.29 is 13.2 Å². The first-order chi connectivity index (χ1) is 14.6. The topological polar surface area (TPSA) is 0 Å². The lowest BCUT2D eigenvalue weighted by atomic mass is 9.79. The summed E-state index contributed by atoms with van der Waals surface area (Å²) in [6, 6.07) is 12.7. The van der Waals surface area contributed by atoms with E-state index in [9.17, 15) is 8.78 Å². The molecule has 3 heteroatoms. The monoisotopic (exact) mass is 410 g/mol. The Bertz CT molecular complexity index is 1040. The average molecular weight is 411 g/mol. The molecule has 30 heavy (non-hydrogen) atoms. The van der Waals surface area contributed by atoms with Gasteiger partial charge in [0.2, 0.25) is 0 Å². The molecule has 0 amide bonds. The van der Waals surface area contributed by atoms with Crippen molar-refractivity contribution in [3.05, 3.63) is 82.2 Å². The first kappa shape index (κ1) is 21.0. The number of fused-ring (bicyclic) bond motifs is 2. The summed E-state index contributed by atoms with van der Waals surface area (Å²) in [5, 5.41) is 1.53. The maximum atomic E-state index is 15.4. The molecule has 1 unspecified atom stereocenters. The summed E-state index contributed by atoms with van der Waals surface area (Å²) in [5.41, 5.74) is 3.11. The van der Waals surface area contributed by atoms with Crippen molar-refractivity contribution in [3.63, 3.8) is 0 Å². The van der Waals surface area contributed by atoms with E-state index < -0.39 is 11.6 Å². The molecule has 3 aromatic rings. The Morgan fingerprint density at radius 3 is 2.53 bits per heavy atom. The van der Waals surface area contributed by atoms with Crippen molar-refractivity contribution in [3.8, 4) is 0 Å². The van der Waals surface area contributed by atoms with Crippen molar-refractivity contribution in [2.75, 3.05) is 0 Å². The van der Waals surface area contributed by atoms with E-state index in [0.29, 0.717) is 29.4 Å². The lowest BCUT2D eigenvalue weighted by Gasteiger charge is -2.26. The third-order valence-electron chi connectivity index (χ3n) is 6.56. The first-order valence-corrected chi connectivity index (χ1v) is 11.2. The maximum Gasteiger partial charge on any atom is 0.162 e. The van der Waals surface area contributed by atoms with Gasteiger partial charge in [-0.15, -0.1) is 0 Å². The van der Waals surface area contributed by atoms with E-state index in [2.05, 4.69) is 13.0 Å². The van der Waals surface area contributed by atoms with Gasteiger partial charge in [0.25, 0.3) is 0 Å². The number of rotatable bonds is 7. The zero-order valence-electron chi connectivity index (χ0n) is 17.6. The highest BCUT2D eigenvalue weighted by Gasteiger charge is 2.26. The van der Waals surface area contributed by atoms with E-state index >= 15 is 4.39 Å². The number of hydrogen-bond acceptors (Lipinski definition) is 0. The molecule has 0 aliphatic heterocycles. The summed E-state index contributed by atoms with van der Waals surface area (Å²) < 4.78 is 43.3. The Hall–Kier alpha value is -2.29. The smallest absolute Gasteiger partial charge is 0.162 e. The molecular weight excluding hydrogens is 381 g/mol. The van der Waals surface area contributed by atoms with Gasteiger partial charge in [-0.2, -0.15) is 0 Å². The molecule has 1 atom stereocenters. The Balaban J connectivity index is 1.54. The minimum Gasteiger partial charge on any atom is -0.206 e. The molecule has 0 nitrogen and oxygen atoms in total. The summed E-state index contributed by atoms with van der Waals surface area (Å²) in [6.45, 7) is 2.22. The number of aryl methyl sites for hydroxylation is 2. The van der Waals surface area contributed by atoms with Gasteiger partial charge in [-0.1, -0.05) is 69.0 Å². The molecule has 158 valence electrons. The van der Waals surface area contributed by atoms with Gasteiger partial charge >= 0.3 is 0 Å². The van der Waals surface area contributed by atoms with Crippen molar-refractivity contribution in [2.24, 2.45) is 0 Å².